The maximum atomic E-state index is 12.7. The molecule has 1 heterocycles. The van der Waals surface area contributed by atoms with Crippen LogP contribution in [0.3, 0.4) is 0 Å². The Balaban J connectivity index is 1.37. The molecule has 1 amide bonds. The summed E-state index contributed by atoms with van der Waals surface area (Å²) in [5.41, 5.74) is 2.60. The molecule has 0 radical (unpaired) electrons. The van der Waals surface area contributed by atoms with Gasteiger partial charge in [-0.1, -0.05) is 72.8 Å². The van der Waals surface area contributed by atoms with Gasteiger partial charge in [0.1, 0.15) is 25.1 Å². The Kier molecular flexibility index (Phi) is 7.29. The highest BCUT2D eigenvalue weighted by atomic mass is 16.5. The third-order valence-corrected chi connectivity index (χ3v) is 4.91. The molecule has 0 unspecified atom stereocenters. The summed E-state index contributed by atoms with van der Waals surface area (Å²) in [5, 5.41) is 2.90. The Morgan fingerprint density at radius 2 is 1.56 bits per heavy atom. The van der Waals surface area contributed by atoms with Gasteiger partial charge in [-0.05, 0) is 23.3 Å². The average molecular weight is 428 g/mol. The van der Waals surface area contributed by atoms with Crippen molar-refractivity contribution in [2.75, 3.05) is 18.5 Å². The molecule has 32 heavy (non-hydrogen) atoms. The molecule has 4 aromatic rings. The SMILES string of the molecule is O=C(COC(c1ccccc1)c1ccccc1)Nc1ccccc1OCCn1ccnc1. The van der Waals surface area contributed by atoms with Gasteiger partial charge >= 0.3 is 0 Å². The third-order valence-electron chi connectivity index (χ3n) is 4.91. The maximum absolute atomic E-state index is 12.7. The zero-order chi connectivity index (χ0) is 22.0. The molecule has 0 fully saturated rings. The highest BCUT2D eigenvalue weighted by Crippen LogP contribution is 2.27. The van der Waals surface area contributed by atoms with Gasteiger partial charge < -0.3 is 19.4 Å². The summed E-state index contributed by atoms with van der Waals surface area (Å²) in [6.07, 6.45) is 5.02. The van der Waals surface area contributed by atoms with Crippen LogP contribution in [0.1, 0.15) is 17.2 Å². The number of nitrogens with zero attached hydrogens (tertiary/aromatic N) is 2. The summed E-state index contributed by atoms with van der Waals surface area (Å²) in [5.74, 6) is 0.371. The fourth-order valence-electron chi connectivity index (χ4n) is 3.36. The number of ether oxygens (including phenoxy) is 2. The van der Waals surface area contributed by atoms with Crippen LogP contribution in [-0.4, -0.2) is 28.7 Å². The molecule has 0 saturated heterocycles. The Hall–Kier alpha value is -3.90. The number of benzene rings is 3. The largest absolute Gasteiger partial charge is 0.490 e. The molecule has 4 rings (SSSR count). The molecule has 3 aromatic carbocycles. The minimum atomic E-state index is -0.329. The lowest BCUT2D eigenvalue weighted by molar-refractivity contribution is -0.121. The molecule has 0 bridgehead atoms. The second-order valence-corrected chi connectivity index (χ2v) is 7.21. The molecule has 1 aromatic heterocycles. The summed E-state index contributed by atoms with van der Waals surface area (Å²) in [4.78, 5) is 16.7. The van der Waals surface area contributed by atoms with Crippen molar-refractivity contribution in [1.82, 2.24) is 9.55 Å². The molecule has 0 atom stereocenters. The van der Waals surface area contributed by atoms with E-state index in [4.69, 9.17) is 9.47 Å². The normalized spacial score (nSPS) is 10.8. The highest BCUT2D eigenvalue weighted by Gasteiger charge is 2.17. The monoisotopic (exact) mass is 427 g/mol. The van der Waals surface area contributed by atoms with E-state index in [2.05, 4.69) is 10.3 Å². The van der Waals surface area contributed by atoms with Gasteiger partial charge in [-0.2, -0.15) is 0 Å². The fraction of sp³-hybridized carbons (Fsp3) is 0.154. The van der Waals surface area contributed by atoms with E-state index in [9.17, 15) is 4.79 Å². The first-order chi connectivity index (χ1) is 15.8. The van der Waals surface area contributed by atoms with Crippen LogP contribution >= 0.6 is 0 Å². The first-order valence-electron chi connectivity index (χ1n) is 10.5. The van der Waals surface area contributed by atoms with Crippen molar-refractivity contribution in [2.45, 2.75) is 12.6 Å². The van der Waals surface area contributed by atoms with Gasteiger partial charge in [-0.25, -0.2) is 4.98 Å². The van der Waals surface area contributed by atoms with E-state index < -0.39 is 0 Å². The number of para-hydroxylation sites is 2. The molecule has 0 aliphatic carbocycles. The van der Waals surface area contributed by atoms with Crippen molar-refractivity contribution in [3.8, 4) is 5.75 Å². The summed E-state index contributed by atoms with van der Waals surface area (Å²) in [6, 6.07) is 27.2. The smallest absolute Gasteiger partial charge is 0.250 e. The van der Waals surface area contributed by atoms with Crippen LogP contribution < -0.4 is 10.1 Å². The number of carbonyl (C=O) groups excluding carboxylic acids is 1. The summed E-state index contributed by atoms with van der Waals surface area (Å²) >= 11 is 0. The molecule has 162 valence electrons. The molecular formula is C26H25N3O3. The van der Waals surface area contributed by atoms with Gasteiger partial charge in [0.05, 0.1) is 18.6 Å². The van der Waals surface area contributed by atoms with Crippen LogP contribution in [0.2, 0.25) is 0 Å². The molecule has 0 spiro atoms. The van der Waals surface area contributed by atoms with Crippen LogP contribution in [0.15, 0.2) is 104 Å². The standard InChI is InChI=1S/C26H25N3O3/c30-25(19-32-26(21-9-3-1-4-10-21)22-11-5-2-6-12-22)28-23-13-7-8-14-24(23)31-18-17-29-16-15-27-20-29/h1-16,20,26H,17-19H2,(H,28,30). The fourth-order valence-corrected chi connectivity index (χ4v) is 3.36. The number of hydrogen-bond acceptors (Lipinski definition) is 4. The van der Waals surface area contributed by atoms with Crippen LogP contribution in [0, 0.1) is 0 Å². The van der Waals surface area contributed by atoms with E-state index in [1.165, 1.54) is 0 Å². The van der Waals surface area contributed by atoms with Crippen molar-refractivity contribution in [3.63, 3.8) is 0 Å². The zero-order valence-electron chi connectivity index (χ0n) is 17.6. The summed E-state index contributed by atoms with van der Waals surface area (Å²) < 4.78 is 13.9. The number of amides is 1. The van der Waals surface area contributed by atoms with E-state index >= 15 is 0 Å². The molecule has 0 aliphatic heterocycles. The molecule has 0 aliphatic rings. The van der Waals surface area contributed by atoms with Crippen LogP contribution in [0.4, 0.5) is 5.69 Å². The quantitative estimate of drug-likeness (QED) is 0.398. The van der Waals surface area contributed by atoms with Crippen LogP contribution in [-0.2, 0) is 16.1 Å². The lowest BCUT2D eigenvalue weighted by Crippen LogP contribution is -2.21. The Morgan fingerprint density at radius 3 is 2.22 bits per heavy atom. The minimum Gasteiger partial charge on any atom is -0.490 e. The number of nitrogens with one attached hydrogen (secondary N) is 1. The van der Waals surface area contributed by atoms with E-state index in [1.54, 1.807) is 12.5 Å². The summed E-state index contributed by atoms with van der Waals surface area (Å²) in [6.45, 7) is 1.04. The third kappa shape index (κ3) is 5.83. The van der Waals surface area contributed by atoms with Gasteiger partial charge in [-0.3, -0.25) is 4.79 Å². The van der Waals surface area contributed by atoms with E-state index in [1.807, 2.05) is 95.7 Å². The van der Waals surface area contributed by atoms with Crippen molar-refractivity contribution in [2.24, 2.45) is 0 Å². The minimum absolute atomic E-state index is 0.0855. The van der Waals surface area contributed by atoms with Crippen molar-refractivity contribution >= 4 is 11.6 Å². The number of rotatable bonds is 10. The first kappa shape index (κ1) is 21.3. The van der Waals surface area contributed by atoms with Gasteiger partial charge in [0.15, 0.2) is 0 Å². The second kappa shape index (κ2) is 10.9. The topological polar surface area (TPSA) is 65.4 Å². The molecule has 6 heteroatoms. The predicted octanol–water partition coefficient (Wildman–Crippen LogP) is 4.71. The van der Waals surface area contributed by atoms with Crippen LogP contribution in [0.5, 0.6) is 5.75 Å². The molecule has 0 saturated carbocycles. The highest BCUT2D eigenvalue weighted by molar-refractivity contribution is 5.93. The lowest BCUT2D eigenvalue weighted by Gasteiger charge is -2.19. The van der Waals surface area contributed by atoms with E-state index in [-0.39, 0.29) is 18.6 Å². The number of imidazole rings is 1. The van der Waals surface area contributed by atoms with Crippen LogP contribution in [0.25, 0.3) is 0 Å². The predicted molar refractivity (Wildman–Crippen MR) is 123 cm³/mol. The molecule has 1 N–H and O–H groups in total. The Labute approximate surface area is 187 Å². The number of aromatic nitrogens is 2. The van der Waals surface area contributed by atoms with Crippen molar-refractivity contribution in [1.29, 1.82) is 0 Å². The van der Waals surface area contributed by atoms with Gasteiger partial charge in [0.2, 0.25) is 0 Å². The van der Waals surface area contributed by atoms with E-state index in [0.29, 0.717) is 24.6 Å². The molecule has 6 nitrogen and oxygen atoms in total. The number of hydrogen-bond donors (Lipinski definition) is 1. The Morgan fingerprint density at radius 1 is 0.906 bits per heavy atom. The maximum Gasteiger partial charge on any atom is 0.250 e. The lowest BCUT2D eigenvalue weighted by atomic mass is 10.0. The molecular weight excluding hydrogens is 402 g/mol. The Bertz CT molecular complexity index is 1060. The second-order valence-electron chi connectivity index (χ2n) is 7.21. The van der Waals surface area contributed by atoms with Crippen molar-refractivity contribution < 1.29 is 14.3 Å². The number of carbonyl (C=O) groups is 1. The van der Waals surface area contributed by atoms with Gasteiger partial charge in [0.25, 0.3) is 5.91 Å². The zero-order valence-corrected chi connectivity index (χ0v) is 17.6. The van der Waals surface area contributed by atoms with Gasteiger partial charge in [0, 0.05) is 12.4 Å². The van der Waals surface area contributed by atoms with Crippen molar-refractivity contribution in [3.05, 3.63) is 115 Å². The van der Waals surface area contributed by atoms with Gasteiger partial charge in [-0.15, -0.1) is 0 Å². The number of anilines is 1. The average Bonchev–Trinajstić information content (AvgIpc) is 3.35. The summed E-state index contributed by atoms with van der Waals surface area (Å²) in [7, 11) is 0. The first-order valence-corrected chi connectivity index (χ1v) is 10.5. The van der Waals surface area contributed by atoms with E-state index in [0.717, 1.165) is 11.1 Å².